The first-order chi connectivity index (χ1) is 12.6. The average Bonchev–Trinajstić information content (AvgIpc) is 3.02. The molecule has 8 heteroatoms. The van der Waals surface area contributed by atoms with E-state index in [-0.39, 0.29) is 11.0 Å². The predicted octanol–water partition coefficient (Wildman–Crippen LogP) is 3.89. The largest absolute Gasteiger partial charge is 0.493 e. The summed E-state index contributed by atoms with van der Waals surface area (Å²) in [6, 6.07) is 8.15. The van der Waals surface area contributed by atoms with Gasteiger partial charge in [-0.1, -0.05) is 23.7 Å². The number of rotatable bonds is 3. The molecule has 0 fully saturated rings. The topological polar surface area (TPSA) is 65.7 Å². The number of halogens is 2. The highest BCUT2D eigenvalue weighted by Gasteiger charge is 2.20. The van der Waals surface area contributed by atoms with E-state index in [1.54, 1.807) is 42.2 Å². The maximum atomic E-state index is 14.3. The molecule has 3 aromatic heterocycles. The Labute approximate surface area is 153 Å². The fourth-order valence-corrected chi connectivity index (χ4v) is 3.02. The Balaban J connectivity index is 2.00. The molecule has 0 N–H and O–H groups in total. The summed E-state index contributed by atoms with van der Waals surface area (Å²) in [5.41, 5.74) is 3.07. The van der Waals surface area contributed by atoms with E-state index >= 15 is 0 Å². The number of aromatic nitrogens is 5. The monoisotopic (exact) mass is 369 g/mol. The number of hydrogen-bond acceptors (Lipinski definition) is 5. The second kappa shape index (κ2) is 6.34. The van der Waals surface area contributed by atoms with E-state index in [4.69, 9.17) is 16.3 Å². The Morgan fingerprint density at radius 1 is 1.12 bits per heavy atom. The van der Waals surface area contributed by atoms with Gasteiger partial charge in [0.15, 0.2) is 10.9 Å². The van der Waals surface area contributed by atoms with Crippen LogP contribution in [0.25, 0.3) is 33.5 Å². The third-order valence-corrected chi connectivity index (χ3v) is 4.24. The van der Waals surface area contributed by atoms with Gasteiger partial charge >= 0.3 is 0 Å². The lowest BCUT2D eigenvalue weighted by molar-refractivity contribution is 0.414. The lowest BCUT2D eigenvalue weighted by atomic mass is 10.0. The van der Waals surface area contributed by atoms with E-state index in [1.807, 2.05) is 0 Å². The van der Waals surface area contributed by atoms with E-state index in [2.05, 4.69) is 20.1 Å². The van der Waals surface area contributed by atoms with Crippen LogP contribution in [0.15, 0.2) is 42.9 Å². The minimum absolute atomic E-state index is 0.201. The molecule has 0 aliphatic rings. The molecule has 130 valence electrons. The number of methoxy groups -OCH3 is 1. The van der Waals surface area contributed by atoms with Crippen LogP contribution >= 0.6 is 11.6 Å². The Hall–Kier alpha value is -3.06. The summed E-state index contributed by atoms with van der Waals surface area (Å²) < 4.78 is 21.1. The Bertz CT molecular complexity index is 1130. The van der Waals surface area contributed by atoms with Gasteiger partial charge in [-0.25, -0.2) is 19.3 Å². The molecule has 0 aliphatic heterocycles. The molecule has 0 saturated heterocycles. The number of fused-ring (bicyclic) bond motifs is 1. The molecule has 0 atom stereocenters. The molecule has 0 spiro atoms. The van der Waals surface area contributed by atoms with E-state index in [9.17, 15) is 4.39 Å². The first-order valence-electron chi connectivity index (χ1n) is 7.72. The molecule has 0 unspecified atom stereocenters. The van der Waals surface area contributed by atoms with Crippen molar-refractivity contribution < 1.29 is 9.13 Å². The quantitative estimate of drug-likeness (QED) is 0.512. The summed E-state index contributed by atoms with van der Waals surface area (Å²) in [7, 11) is 3.27. The fraction of sp³-hybridized carbons (Fsp3) is 0.111. The van der Waals surface area contributed by atoms with Crippen molar-refractivity contribution in [3.05, 3.63) is 53.8 Å². The zero-order chi connectivity index (χ0) is 18.3. The summed E-state index contributed by atoms with van der Waals surface area (Å²) in [5, 5.41) is 4.61. The summed E-state index contributed by atoms with van der Waals surface area (Å²) >= 11 is 6.18. The molecule has 6 nitrogen and oxygen atoms in total. The smallest absolute Gasteiger partial charge is 0.171 e. The lowest BCUT2D eigenvalue weighted by Crippen LogP contribution is -1.95. The van der Waals surface area contributed by atoms with Crippen molar-refractivity contribution in [1.82, 2.24) is 24.7 Å². The molecular formula is C18H13ClFN5O. The summed E-state index contributed by atoms with van der Waals surface area (Å²) in [6.07, 6.45) is 3.19. The van der Waals surface area contributed by atoms with Crippen molar-refractivity contribution >= 4 is 22.6 Å². The second-order valence-corrected chi connectivity index (χ2v) is 5.97. The minimum atomic E-state index is -0.363. The number of hydrogen-bond donors (Lipinski definition) is 0. The van der Waals surface area contributed by atoms with Gasteiger partial charge in [-0.3, -0.25) is 4.68 Å². The summed E-state index contributed by atoms with van der Waals surface area (Å²) in [4.78, 5) is 13.0. The minimum Gasteiger partial charge on any atom is -0.493 e. The van der Waals surface area contributed by atoms with Gasteiger partial charge < -0.3 is 4.74 Å². The van der Waals surface area contributed by atoms with Gasteiger partial charge in [-0.2, -0.15) is 5.10 Å². The molecule has 0 aliphatic carbocycles. The molecule has 0 amide bonds. The maximum absolute atomic E-state index is 14.3. The van der Waals surface area contributed by atoms with E-state index in [0.717, 1.165) is 0 Å². The highest BCUT2D eigenvalue weighted by atomic mass is 35.5. The van der Waals surface area contributed by atoms with Crippen LogP contribution in [0.4, 0.5) is 4.39 Å². The number of aryl methyl sites for hydroxylation is 1. The van der Waals surface area contributed by atoms with Crippen LogP contribution < -0.4 is 4.74 Å². The molecule has 3 heterocycles. The summed E-state index contributed by atoms with van der Waals surface area (Å²) in [5.74, 6) is 0.0582. The predicted molar refractivity (Wildman–Crippen MR) is 96.5 cm³/mol. The molecular weight excluding hydrogens is 357 g/mol. The van der Waals surface area contributed by atoms with Crippen LogP contribution in [0.2, 0.25) is 5.15 Å². The van der Waals surface area contributed by atoms with Crippen LogP contribution in [-0.2, 0) is 7.05 Å². The van der Waals surface area contributed by atoms with Crippen molar-refractivity contribution in [3.63, 3.8) is 0 Å². The van der Waals surface area contributed by atoms with Gasteiger partial charge in [0.1, 0.15) is 29.0 Å². The number of ether oxygens (including phenoxy) is 1. The second-order valence-electron chi connectivity index (χ2n) is 5.62. The first-order valence-corrected chi connectivity index (χ1v) is 8.10. The van der Waals surface area contributed by atoms with Gasteiger partial charge in [-0.05, 0) is 12.1 Å². The molecule has 26 heavy (non-hydrogen) atoms. The average molecular weight is 370 g/mol. The maximum Gasteiger partial charge on any atom is 0.171 e. The zero-order valence-corrected chi connectivity index (χ0v) is 14.7. The van der Waals surface area contributed by atoms with Gasteiger partial charge in [0.25, 0.3) is 0 Å². The molecule has 4 aromatic rings. The van der Waals surface area contributed by atoms with Gasteiger partial charge in [0.2, 0.25) is 0 Å². The fourth-order valence-electron chi connectivity index (χ4n) is 2.80. The third kappa shape index (κ3) is 2.66. The number of pyridine rings is 1. The highest BCUT2D eigenvalue weighted by Crippen LogP contribution is 2.35. The first kappa shape index (κ1) is 16.4. The Kier molecular flexibility index (Phi) is 4.00. The normalized spacial score (nSPS) is 11.1. The summed E-state index contributed by atoms with van der Waals surface area (Å²) in [6.45, 7) is 0. The SMILES string of the molecule is COc1cc2ncnc(-c3cn(C)nc3-c3ccccc3F)c2nc1Cl. The van der Waals surface area contributed by atoms with Gasteiger partial charge in [0.05, 0.1) is 12.6 Å². The van der Waals surface area contributed by atoms with Crippen molar-refractivity contribution in [3.8, 4) is 28.3 Å². The highest BCUT2D eigenvalue weighted by molar-refractivity contribution is 6.31. The van der Waals surface area contributed by atoms with Crippen molar-refractivity contribution in [2.45, 2.75) is 0 Å². The van der Waals surface area contributed by atoms with E-state index in [0.29, 0.717) is 39.3 Å². The number of nitrogens with zero attached hydrogens (tertiary/aromatic N) is 5. The molecule has 4 rings (SSSR count). The van der Waals surface area contributed by atoms with Crippen molar-refractivity contribution in [2.24, 2.45) is 7.05 Å². The van der Waals surface area contributed by atoms with Crippen molar-refractivity contribution in [1.29, 1.82) is 0 Å². The number of benzene rings is 1. The van der Waals surface area contributed by atoms with Crippen LogP contribution in [0, 0.1) is 5.82 Å². The Morgan fingerprint density at radius 3 is 2.69 bits per heavy atom. The van der Waals surface area contributed by atoms with Crippen LogP contribution in [0.3, 0.4) is 0 Å². The molecule has 0 radical (unpaired) electrons. The van der Waals surface area contributed by atoms with Crippen LogP contribution in [0.5, 0.6) is 5.75 Å². The van der Waals surface area contributed by atoms with Crippen LogP contribution in [0.1, 0.15) is 0 Å². The molecule has 1 aromatic carbocycles. The molecule has 0 saturated carbocycles. The third-order valence-electron chi connectivity index (χ3n) is 3.96. The van der Waals surface area contributed by atoms with Crippen molar-refractivity contribution in [2.75, 3.05) is 7.11 Å². The van der Waals surface area contributed by atoms with E-state index in [1.165, 1.54) is 19.5 Å². The Morgan fingerprint density at radius 2 is 1.92 bits per heavy atom. The van der Waals surface area contributed by atoms with Gasteiger partial charge in [-0.15, -0.1) is 0 Å². The lowest BCUT2D eigenvalue weighted by Gasteiger charge is -2.08. The standard InChI is InChI=1S/C18H13ClFN5O/c1-25-8-11(15(24-25)10-5-3-4-6-12(10)20)16-17-13(21-9-22-16)7-14(26-2)18(19)23-17/h3-9H,1-2H3. The van der Waals surface area contributed by atoms with Gasteiger partial charge in [0, 0.05) is 30.4 Å². The zero-order valence-electron chi connectivity index (χ0n) is 13.9. The van der Waals surface area contributed by atoms with E-state index < -0.39 is 0 Å². The molecule has 0 bridgehead atoms. The van der Waals surface area contributed by atoms with Crippen LogP contribution in [-0.4, -0.2) is 31.8 Å².